The molecule has 1 heterocycles. The van der Waals surface area contributed by atoms with Gasteiger partial charge in [-0.1, -0.05) is 15.9 Å². The average Bonchev–Trinajstić information content (AvgIpc) is 2.89. The molecule has 0 fully saturated rings. The van der Waals surface area contributed by atoms with Gasteiger partial charge in [0.15, 0.2) is 11.0 Å². The first-order valence-electron chi connectivity index (χ1n) is 5.84. The predicted molar refractivity (Wildman–Crippen MR) is 84.0 cm³/mol. The SMILES string of the molecule is Nc1nc(-c2ccc(Oc3ccc(Br)cc3)cc2)ns1. The van der Waals surface area contributed by atoms with Gasteiger partial charge in [0.25, 0.3) is 0 Å². The summed E-state index contributed by atoms with van der Waals surface area (Å²) in [5, 5.41) is 0.468. The molecule has 0 aliphatic heterocycles. The highest BCUT2D eigenvalue weighted by Gasteiger charge is 2.05. The lowest BCUT2D eigenvalue weighted by atomic mass is 10.2. The number of nitrogens with zero attached hydrogens (tertiary/aromatic N) is 2. The van der Waals surface area contributed by atoms with Crippen LogP contribution in [0, 0.1) is 0 Å². The van der Waals surface area contributed by atoms with Gasteiger partial charge in [0.1, 0.15) is 11.5 Å². The van der Waals surface area contributed by atoms with Crippen molar-refractivity contribution >= 4 is 32.6 Å². The summed E-state index contributed by atoms with van der Waals surface area (Å²) in [5.74, 6) is 2.19. The third-order valence-corrected chi connectivity index (χ3v) is 3.67. The molecule has 0 amide bonds. The second-order valence-corrected chi connectivity index (χ2v) is 5.74. The van der Waals surface area contributed by atoms with Crippen molar-refractivity contribution in [3.63, 3.8) is 0 Å². The highest BCUT2D eigenvalue weighted by atomic mass is 79.9. The summed E-state index contributed by atoms with van der Waals surface area (Å²) in [6, 6.07) is 15.3. The van der Waals surface area contributed by atoms with Crippen molar-refractivity contribution in [3.8, 4) is 22.9 Å². The number of halogens is 1. The Morgan fingerprint density at radius 1 is 0.950 bits per heavy atom. The van der Waals surface area contributed by atoms with Gasteiger partial charge in [0.2, 0.25) is 0 Å². The number of ether oxygens (including phenoxy) is 1. The molecule has 0 saturated carbocycles. The third-order valence-electron chi connectivity index (χ3n) is 2.60. The number of benzene rings is 2. The zero-order valence-corrected chi connectivity index (χ0v) is 12.7. The molecule has 3 aromatic rings. The van der Waals surface area contributed by atoms with Crippen LogP contribution in [0.2, 0.25) is 0 Å². The standard InChI is InChI=1S/C14H10BrN3OS/c15-10-3-7-12(8-4-10)19-11-5-1-9(2-6-11)13-17-14(16)20-18-13/h1-8H,(H2,16,17,18). The van der Waals surface area contributed by atoms with Crippen LogP contribution in [0.5, 0.6) is 11.5 Å². The highest BCUT2D eigenvalue weighted by molar-refractivity contribution is 9.10. The summed E-state index contributed by atoms with van der Waals surface area (Å²) in [4.78, 5) is 4.14. The summed E-state index contributed by atoms with van der Waals surface area (Å²) in [6.07, 6.45) is 0. The lowest BCUT2D eigenvalue weighted by Gasteiger charge is -2.06. The second-order valence-electron chi connectivity index (χ2n) is 4.04. The molecule has 20 heavy (non-hydrogen) atoms. The van der Waals surface area contributed by atoms with Gasteiger partial charge in [-0.3, -0.25) is 0 Å². The zero-order chi connectivity index (χ0) is 13.9. The van der Waals surface area contributed by atoms with Gasteiger partial charge in [-0.05, 0) is 48.5 Å². The summed E-state index contributed by atoms with van der Waals surface area (Å²) >= 11 is 4.58. The van der Waals surface area contributed by atoms with E-state index in [2.05, 4.69) is 25.3 Å². The van der Waals surface area contributed by atoms with Crippen molar-refractivity contribution in [2.24, 2.45) is 0 Å². The Morgan fingerprint density at radius 2 is 1.55 bits per heavy atom. The maximum atomic E-state index is 5.75. The van der Waals surface area contributed by atoms with Crippen LogP contribution in [0.3, 0.4) is 0 Å². The smallest absolute Gasteiger partial charge is 0.200 e. The van der Waals surface area contributed by atoms with E-state index in [9.17, 15) is 0 Å². The first-order chi connectivity index (χ1) is 9.70. The molecule has 0 unspecified atom stereocenters. The summed E-state index contributed by atoms with van der Waals surface area (Å²) in [5.41, 5.74) is 6.49. The zero-order valence-electron chi connectivity index (χ0n) is 10.3. The third kappa shape index (κ3) is 2.97. The van der Waals surface area contributed by atoms with E-state index in [1.807, 2.05) is 48.5 Å². The van der Waals surface area contributed by atoms with E-state index in [0.717, 1.165) is 21.5 Å². The van der Waals surface area contributed by atoms with Crippen molar-refractivity contribution in [1.82, 2.24) is 9.36 Å². The minimum absolute atomic E-state index is 0.468. The minimum Gasteiger partial charge on any atom is -0.457 e. The van der Waals surface area contributed by atoms with E-state index in [-0.39, 0.29) is 0 Å². The molecule has 0 radical (unpaired) electrons. The number of aromatic nitrogens is 2. The predicted octanol–water partition coefficient (Wildman–Crippen LogP) is 4.34. The van der Waals surface area contributed by atoms with E-state index >= 15 is 0 Å². The molecule has 2 N–H and O–H groups in total. The number of hydrogen-bond donors (Lipinski definition) is 1. The molecular weight excluding hydrogens is 338 g/mol. The monoisotopic (exact) mass is 347 g/mol. The number of nitrogens with two attached hydrogens (primary N) is 1. The van der Waals surface area contributed by atoms with Crippen LogP contribution in [0.4, 0.5) is 5.13 Å². The van der Waals surface area contributed by atoms with E-state index in [0.29, 0.717) is 11.0 Å². The van der Waals surface area contributed by atoms with Crippen molar-refractivity contribution < 1.29 is 4.74 Å². The van der Waals surface area contributed by atoms with Gasteiger partial charge < -0.3 is 10.5 Å². The van der Waals surface area contributed by atoms with E-state index in [4.69, 9.17) is 10.5 Å². The normalized spacial score (nSPS) is 10.4. The molecule has 0 saturated heterocycles. The quantitative estimate of drug-likeness (QED) is 0.765. The largest absolute Gasteiger partial charge is 0.457 e. The number of rotatable bonds is 3. The van der Waals surface area contributed by atoms with E-state index in [1.54, 1.807) is 0 Å². The fraction of sp³-hybridized carbons (Fsp3) is 0. The average molecular weight is 348 g/mol. The van der Waals surface area contributed by atoms with E-state index in [1.165, 1.54) is 11.5 Å². The van der Waals surface area contributed by atoms with Crippen molar-refractivity contribution in [2.75, 3.05) is 5.73 Å². The van der Waals surface area contributed by atoms with Gasteiger partial charge in [0, 0.05) is 21.6 Å². The maximum absolute atomic E-state index is 5.75. The van der Waals surface area contributed by atoms with Crippen molar-refractivity contribution in [1.29, 1.82) is 0 Å². The molecule has 2 aromatic carbocycles. The molecule has 4 nitrogen and oxygen atoms in total. The number of nitrogen functional groups attached to an aromatic ring is 1. The van der Waals surface area contributed by atoms with Gasteiger partial charge in [-0.2, -0.15) is 9.36 Å². The fourth-order valence-electron chi connectivity index (χ4n) is 1.66. The molecule has 0 spiro atoms. The molecule has 6 heteroatoms. The number of anilines is 1. The second kappa shape index (κ2) is 5.60. The molecule has 0 bridgehead atoms. The Balaban J connectivity index is 1.77. The van der Waals surface area contributed by atoms with E-state index < -0.39 is 0 Å². The Morgan fingerprint density at radius 3 is 2.10 bits per heavy atom. The van der Waals surface area contributed by atoms with Crippen LogP contribution in [-0.2, 0) is 0 Å². The Labute approximate surface area is 128 Å². The maximum Gasteiger partial charge on any atom is 0.200 e. The molecule has 3 rings (SSSR count). The molecule has 0 aliphatic rings. The Kier molecular flexibility index (Phi) is 3.66. The molecule has 0 aliphatic carbocycles. The fourth-order valence-corrected chi connectivity index (χ4v) is 2.38. The topological polar surface area (TPSA) is 61.0 Å². The van der Waals surface area contributed by atoms with Gasteiger partial charge in [-0.15, -0.1) is 0 Å². The van der Waals surface area contributed by atoms with Gasteiger partial charge in [0.05, 0.1) is 0 Å². The molecule has 0 atom stereocenters. The van der Waals surface area contributed by atoms with Crippen LogP contribution < -0.4 is 10.5 Å². The van der Waals surface area contributed by atoms with Gasteiger partial charge in [-0.25, -0.2) is 0 Å². The Hall–Kier alpha value is -1.92. The molecular formula is C14H10BrN3OS. The first kappa shape index (κ1) is 13.1. The Bertz CT molecular complexity index is 710. The first-order valence-corrected chi connectivity index (χ1v) is 7.40. The van der Waals surface area contributed by atoms with Crippen LogP contribution >= 0.6 is 27.5 Å². The molecule has 1 aromatic heterocycles. The summed E-state index contributed by atoms with van der Waals surface area (Å²) in [7, 11) is 0. The minimum atomic E-state index is 0.468. The summed E-state index contributed by atoms with van der Waals surface area (Å²) < 4.78 is 10.9. The van der Waals surface area contributed by atoms with Crippen LogP contribution in [0.25, 0.3) is 11.4 Å². The molecule has 100 valence electrons. The van der Waals surface area contributed by atoms with Crippen molar-refractivity contribution in [3.05, 3.63) is 53.0 Å². The number of hydrogen-bond acceptors (Lipinski definition) is 5. The lowest BCUT2D eigenvalue weighted by molar-refractivity contribution is 0.482. The van der Waals surface area contributed by atoms with Crippen molar-refractivity contribution in [2.45, 2.75) is 0 Å². The highest BCUT2D eigenvalue weighted by Crippen LogP contribution is 2.26. The van der Waals surface area contributed by atoms with Gasteiger partial charge >= 0.3 is 0 Å². The van der Waals surface area contributed by atoms with Crippen LogP contribution in [0.1, 0.15) is 0 Å². The van der Waals surface area contributed by atoms with Crippen LogP contribution in [-0.4, -0.2) is 9.36 Å². The summed E-state index contributed by atoms with van der Waals surface area (Å²) in [6.45, 7) is 0. The van der Waals surface area contributed by atoms with Crippen LogP contribution in [0.15, 0.2) is 53.0 Å². The lowest BCUT2D eigenvalue weighted by Crippen LogP contribution is -1.86.